The van der Waals surface area contributed by atoms with Crippen LogP contribution in [0.3, 0.4) is 0 Å². The summed E-state index contributed by atoms with van der Waals surface area (Å²) in [5.41, 5.74) is 4.31. The third-order valence-electron chi connectivity index (χ3n) is 6.67. The zero-order chi connectivity index (χ0) is 30.4. The van der Waals surface area contributed by atoms with Crippen LogP contribution in [0.2, 0.25) is 0 Å². The van der Waals surface area contributed by atoms with E-state index in [2.05, 4.69) is 20.6 Å². The van der Waals surface area contributed by atoms with E-state index in [-0.39, 0.29) is 30.8 Å². The van der Waals surface area contributed by atoms with Gasteiger partial charge in [0, 0.05) is 42.2 Å². The van der Waals surface area contributed by atoms with Crippen molar-refractivity contribution in [2.45, 2.75) is 71.9 Å². The molecule has 0 saturated heterocycles. The molecule has 11 heteroatoms. The smallest absolute Gasteiger partial charge is 0.404 e. The van der Waals surface area contributed by atoms with Crippen molar-refractivity contribution in [1.29, 1.82) is 0 Å². The van der Waals surface area contributed by atoms with Gasteiger partial charge in [0.2, 0.25) is 5.91 Å². The number of nitrogens with zero attached hydrogens (tertiary/aromatic N) is 2. The van der Waals surface area contributed by atoms with Crippen molar-refractivity contribution in [2.75, 3.05) is 13.1 Å². The van der Waals surface area contributed by atoms with Gasteiger partial charge in [0.05, 0.1) is 17.4 Å². The number of aryl methyl sites for hydroxylation is 1. The van der Waals surface area contributed by atoms with Gasteiger partial charge in [-0.3, -0.25) is 14.4 Å². The van der Waals surface area contributed by atoms with Crippen molar-refractivity contribution in [2.24, 2.45) is 0 Å². The number of carboxylic acid groups (broad SMARTS) is 1. The molecule has 2 unspecified atom stereocenters. The summed E-state index contributed by atoms with van der Waals surface area (Å²) in [6.07, 6.45) is 7.77. The molecule has 0 fully saturated rings. The maximum Gasteiger partial charge on any atom is 0.404 e. The molecule has 0 aliphatic heterocycles. The number of aromatic nitrogens is 2. The number of carbonyl (C=O) groups excluding carboxylic acids is 3. The quantitative estimate of drug-likeness (QED) is 0.186. The highest BCUT2D eigenvalue weighted by atomic mass is 35.5. The van der Waals surface area contributed by atoms with E-state index in [1.807, 2.05) is 32.9 Å². The average Bonchev–Trinajstić information content (AvgIpc) is 3.33. The molecule has 0 saturated carbocycles. The van der Waals surface area contributed by atoms with Crippen LogP contribution in [0.5, 0.6) is 0 Å². The van der Waals surface area contributed by atoms with Crippen molar-refractivity contribution in [3.05, 3.63) is 63.7 Å². The normalized spacial score (nSPS) is 12.8. The van der Waals surface area contributed by atoms with Gasteiger partial charge in [-0.15, -0.1) is 0 Å². The minimum absolute atomic E-state index is 0.0805. The fourth-order valence-corrected chi connectivity index (χ4v) is 4.52. The highest BCUT2D eigenvalue weighted by Crippen LogP contribution is 2.23. The molecule has 0 radical (unpaired) electrons. The summed E-state index contributed by atoms with van der Waals surface area (Å²) in [5.74, 6) is 0.105. The molecule has 41 heavy (non-hydrogen) atoms. The van der Waals surface area contributed by atoms with E-state index in [0.29, 0.717) is 47.6 Å². The van der Waals surface area contributed by atoms with Gasteiger partial charge in [0.25, 0.3) is 5.91 Å². The topological polar surface area (TPSA) is 144 Å². The average molecular weight is 586 g/mol. The van der Waals surface area contributed by atoms with E-state index in [1.54, 1.807) is 36.1 Å². The van der Waals surface area contributed by atoms with Crippen LogP contribution in [0, 0.1) is 6.92 Å². The molecule has 3 amide bonds. The number of rotatable bonds is 16. The third-order valence-corrected chi connectivity index (χ3v) is 6.79. The molecule has 222 valence electrons. The van der Waals surface area contributed by atoms with Crippen LogP contribution in [0.4, 0.5) is 4.79 Å². The molecule has 1 aromatic heterocycles. The Hall–Kier alpha value is -3.92. The van der Waals surface area contributed by atoms with Crippen molar-refractivity contribution in [3.63, 3.8) is 0 Å². The second kappa shape index (κ2) is 17.0. The van der Waals surface area contributed by atoms with E-state index in [0.717, 1.165) is 24.8 Å². The Bertz CT molecular complexity index is 1230. The van der Waals surface area contributed by atoms with Gasteiger partial charge in [-0.2, -0.15) is 0 Å². The van der Waals surface area contributed by atoms with Gasteiger partial charge in [-0.05, 0) is 69.9 Å². The van der Waals surface area contributed by atoms with Crippen LogP contribution in [0.1, 0.15) is 102 Å². The molecule has 0 aliphatic rings. The number of amides is 3. The first-order chi connectivity index (χ1) is 19.6. The predicted octanol–water partition coefficient (Wildman–Crippen LogP) is 5.70. The monoisotopic (exact) mass is 585 g/mol. The number of hydrogen-bond donors (Lipinski definition) is 4. The predicted molar refractivity (Wildman–Crippen MR) is 161 cm³/mol. The second-order valence-corrected chi connectivity index (χ2v) is 10.0. The molecule has 0 aliphatic carbocycles. The Morgan fingerprint density at radius 3 is 2.59 bits per heavy atom. The van der Waals surface area contributed by atoms with Crippen molar-refractivity contribution < 1.29 is 24.3 Å². The standard InChI is InChI=1S/C30H40ClN5O5/c1-5-7-16-36(21(4)18-32-30(40)41)27(38)11-8-10-26(28-33-24(9-6-2)25(34-28)14-15-31)35-29(39)22-12-13-23(19-37)20(3)17-22/h6,9,12-15,17,19,21,26,32H,5,7-8,10-11,16,18H2,1-4H3,(H,33,34)(H,35,39)(H,40,41)/b9-6-,15-14+. The van der Waals surface area contributed by atoms with Gasteiger partial charge in [-0.1, -0.05) is 37.1 Å². The molecule has 1 heterocycles. The number of aromatic amines is 1. The Kier molecular flexibility index (Phi) is 13.8. The molecule has 4 N–H and O–H groups in total. The summed E-state index contributed by atoms with van der Waals surface area (Å²) >= 11 is 5.82. The number of allylic oxidation sites excluding steroid dienone is 1. The first-order valence-electron chi connectivity index (χ1n) is 13.8. The first-order valence-corrected chi connectivity index (χ1v) is 14.2. The van der Waals surface area contributed by atoms with E-state index < -0.39 is 12.1 Å². The molecular weight excluding hydrogens is 546 g/mol. The third kappa shape index (κ3) is 10.2. The number of nitrogens with one attached hydrogen (secondary N) is 3. The lowest BCUT2D eigenvalue weighted by atomic mass is 10.0. The van der Waals surface area contributed by atoms with Crippen molar-refractivity contribution in [1.82, 2.24) is 25.5 Å². The lowest BCUT2D eigenvalue weighted by Gasteiger charge is -2.29. The highest BCUT2D eigenvalue weighted by Gasteiger charge is 2.23. The number of halogens is 1. The van der Waals surface area contributed by atoms with Crippen LogP contribution in [0.25, 0.3) is 12.2 Å². The second-order valence-electron chi connectivity index (χ2n) is 9.80. The fourth-order valence-electron chi connectivity index (χ4n) is 4.40. The number of hydrogen-bond acceptors (Lipinski definition) is 5. The van der Waals surface area contributed by atoms with Gasteiger partial charge in [0.15, 0.2) is 0 Å². The Morgan fingerprint density at radius 2 is 1.98 bits per heavy atom. The van der Waals surface area contributed by atoms with Gasteiger partial charge in [-0.25, -0.2) is 9.78 Å². The van der Waals surface area contributed by atoms with Crippen LogP contribution < -0.4 is 10.6 Å². The maximum atomic E-state index is 13.2. The zero-order valence-corrected chi connectivity index (χ0v) is 24.8. The largest absolute Gasteiger partial charge is 0.465 e. The molecule has 2 aromatic rings. The van der Waals surface area contributed by atoms with Gasteiger partial charge in [0.1, 0.15) is 12.1 Å². The number of imidazole rings is 1. The van der Waals surface area contributed by atoms with Gasteiger partial charge >= 0.3 is 6.09 Å². The SMILES string of the molecule is C/C=C\c1[nH]c(C(CCCC(=O)N(CCCC)C(C)CNC(=O)O)NC(=O)c2ccc(C=O)c(C)c2)nc1/C=C/Cl. The van der Waals surface area contributed by atoms with Crippen molar-refractivity contribution in [3.8, 4) is 0 Å². The highest BCUT2D eigenvalue weighted by molar-refractivity contribution is 6.27. The molecule has 0 spiro atoms. The summed E-state index contributed by atoms with van der Waals surface area (Å²) in [6, 6.07) is 4.03. The number of benzene rings is 1. The minimum atomic E-state index is -1.13. The van der Waals surface area contributed by atoms with Crippen LogP contribution in [-0.2, 0) is 4.79 Å². The van der Waals surface area contributed by atoms with Crippen LogP contribution in [0.15, 0.2) is 29.8 Å². The molecule has 0 bridgehead atoms. The Labute approximate surface area is 246 Å². The Morgan fingerprint density at radius 1 is 1.22 bits per heavy atom. The molecule has 10 nitrogen and oxygen atoms in total. The van der Waals surface area contributed by atoms with Gasteiger partial charge < -0.3 is 25.6 Å². The zero-order valence-electron chi connectivity index (χ0n) is 24.1. The number of H-pyrrole nitrogens is 1. The summed E-state index contributed by atoms with van der Waals surface area (Å²) in [4.78, 5) is 58.2. The summed E-state index contributed by atoms with van der Waals surface area (Å²) in [6.45, 7) is 8.17. The summed E-state index contributed by atoms with van der Waals surface area (Å²) in [7, 11) is 0. The summed E-state index contributed by atoms with van der Waals surface area (Å²) < 4.78 is 0. The first kappa shape index (κ1) is 33.3. The van der Waals surface area contributed by atoms with E-state index in [4.69, 9.17) is 16.7 Å². The molecular formula is C30H40ClN5O5. The molecule has 2 atom stereocenters. The van der Waals surface area contributed by atoms with Crippen LogP contribution in [-0.4, -0.2) is 63.3 Å². The van der Waals surface area contributed by atoms with E-state index in [9.17, 15) is 19.2 Å². The van der Waals surface area contributed by atoms with Crippen molar-refractivity contribution >= 4 is 47.9 Å². The number of unbranched alkanes of at least 4 members (excludes halogenated alkanes) is 1. The fraction of sp³-hybridized carbons (Fsp3) is 0.433. The lowest BCUT2D eigenvalue weighted by molar-refractivity contribution is -0.133. The van der Waals surface area contributed by atoms with E-state index >= 15 is 0 Å². The maximum absolute atomic E-state index is 13.2. The Balaban J connectivity index is 2.26. The molecule has 1 aromatic carbocycles. The lowest BCUT2D eigenvalue weighted by Crippen LogP contribution is -2.45. The molecule has 2 rings (SSSR count). The minimum Gasteiger partial charge on any atom is -0.465 e. The van der Waals surface area contributed by atoms with E-state index in [1.165, 1.54) is 5.54 Å². The van der Waals surface area contributed by atoms with Crippen LogP contribution >= 0.6 is 11.6 Å². The number of aldehydes is 1. The number of carbonyl (C=O) groups is 4. The summed E-state index contributed by atoms with van der Waals surface area (Å²) in [5, 5.41) is 14.3.